The molecule has 0 fully saturated rings. The van der Waals surface area contributed by atoms with Crippen LogP contribution in [0.5, 0.6) is 11.5 Å². The summed E-state index contributed by atoms with van der Waals surface area (Å²) < 4.78 is 10.7. The Morgan fingerprint density at radius 1 is 0.960 bits per heavy atom. The Morgan fingerprint density at radius 3 is 1.76 bits per heavy atom. The van der Waals surface area contributed by atoms with Gasteiger partial charge in [0.05, 0.1) is 14.2 Å². The summed E-state index contributed by atoms with van der Waals surface area (Å²) in [4.78, 5) is 2.08. The molecule has 0 amide bonds. The number of ether oxygens (including phenoxy) is 2. The fourth-order valence-corrected chi connectivity index (χ4v) is 3.14. The molecule has 0 heterocycles. The lowest BCUT2D eigenvalue weighted by Crippen LogP contribution is -2.40. The largest absolute Gasteiger partial charge is 0.497 e. The Morgan fingerprint density at radius 2 is 1.40 bits per heavy atom. The molecule has 0 aliphatic carbocycles. The number of methoxy groups -OCH3 is 2. The van der Waals surface area contributed by atoms with E-state index in [-0.39, 0.29) is 18.3 Å². The van der Waals surface area contributed by atoms with Gasteiger partial charge in [-0.1, -0.05) is 31.2 Å². The normalized spacial score (nSPS) is 12.4. The minimum absolute atomic E-state index is 0. The number of nitrogens with zero attached hydrogens (tertiary/aromatic N) is 1. The van der Waals surface area contributed by atoms with Gasteiger partial charge in [0.1, 0.15) is 17.1 Å². The van der Waals surface area contributed by atoms with Gasteiger partial charge in [-0.3, -0.25) is 0 Å². The number of hydrogen-bond acceptors (Lipinski definition) is 4. The van der Waals surface area contributed by atoms with E-state index in [0.29, 0.717) is 0 Å². The van der Waals surface area contributed by atoms with Crippen LogP contribution >= 0.6 is 12.4 Å². The van der Waals surface area contributed by atoms with Crippen molar-refractivity contribution < 1.29 is 14.6 Å². The standard InChI is InChI=1S/C20H27NO3.ClH/c1-15(14-21(2)3)20(22,16-8-6-10-18(12-16)23-4)17-9-7-11-19(13-17)24-5;/h6-13,15,22H,14H2,1-5H3;1H/t15-;/m0./s1. The molecule has 1 N–H and O–H groups in total. The Kier molecular flexibility index (Phi) is 7.74. The van der Waals surface area contributed by atoms with Gasteiger partial charge in [-0.15, -0.1) is 12.4 Å². The molecular formula is C20H28ClNO3. The van der Waals surface area contributed by atoms with Crippen molar-refractivity contribution in [3.05, 3.63) is 59.7 Å². The molecule has 0 aliphatic rings. The van der Waals surface area contributed by atoms with Crippen molar-refractivity contribution in [2.24, 2.45) is 5.92 Å². The van der Waals surface area contributed by atoms with Crippen LogP contribution in [0.3, 0.4) is 0 Å². The van der Waals surface area contributed by atoms with Gasteiger partial charge in [0.15, 0.2) is 0 Å². The third-order valence-corrected chi connectivity index (χ3v) is 4.37. The second-order valence-corrected chi connectivity index (χ2v) is 6.39. The van der Waals surface area contributed by atoms with E-state index in [9.17, 15) is 5.11 Å². The van der Waals surface area contributed by atoms with Crippen molar-refractivity contribution in [3.63, 3.8) is 0 Å². The molecule has 2 aromatic rings. The molecule has 4 nitrogen and oxygen atoms in total. The lowest BCUT2D eigenvalue weighted by Gasteiger charge is -2.37. The van der Waals surface area contributed by atoms with E-state index in [1.165, 1.54) is 0 Å². The van der Waals surface area contributed by atoms with E-state index in [1.807, 2.05) is 62.6 Å². The zero-order valence-electron chi connectivity index (χ0n) is 15.5. The quantitative estimate of drug-likeness (QED) is 0.814. The van der Waals surface area contributed by atoms with E-state index in [2.05, 4.69) is 11.8 Å². The van der Waals surface area contributed by atoms with E-state index >= 15 is 0 Å². The highest BCUT2D eigenvalue weighted by Crippen LogP contribution is 2.39. The molecule has 1 atom stereocenters. The highest BCUT2D eigenvalue weighted by Gasteiger charge is 2.38. The molecule has 2 rings (SSSR count). The molecular weight excluding hydrogens is 338 g/mol. The molecule has 0 bridgehead atoms. The van der Waals surface area contributed by atoms with Gasteiger partial charge in [0, 0.05) is 12.5 Å². The van der Waals surface area contributed by atoms with E-state index in [0.717, 1.165) is 29.2 Å². The van der Waals surface area contributed by atoms with Gasteiger partial charge in [-0.2, -0.15) is 0 Å². The topological polar surface area (TPSA) is 41.9 Å². The van der Waals surface area contributed by atoms with Crippen molar-refractivity contribution in [3.8, 4) is 11.5 Å². The molecule has 0 aliphatic heterocycles. The zero-order chi connectivity index (χ0) is 17.7. The molecule has 0 aromatic heterocycles. The monoisotopic (exact) mass is 365 g/mol. The summed E-state index contributed by atoms with van der Waals surface area (Å²) in [6.07, 6.45) is 0. The zero-order valence-corrected chi connectivity index (χ0v) is 16.3. The van der Waals surface area contributed by atoms with Crippen molar-refractivity contribution >= 4 is 12.4 Å². The van der Waals surface area contributed by atoms with Crippen LogP contribution in [0.15, 0.2) is 48.5 Å². The van der Waals surface area contributed by atoms with Crippen molar-refractivity contribution in [1.82, 2.24) is 4.90 Å². The molecule has 25 heavy (non-hydrogen) atoms. The molecule has 0 radical (unpaired) electrons. The van der Waals surface area contributed by atoms with Crippen LogP contribution in [0.1, 0.15) is 18.1 Å². The molecule has 0 saturated carbocycles. The second kappa shape index (κ2) is 9.09. The van der Waals surface area contributed by atoms with Crippen LogP contribution in [0.2, 0.25) is 0 Å². The van der Waals surface area contributed by atoms with Crippen LogP contribution in [0, 0.1) is 5.92 Å². The third kappa shape index (κ3) is 4.66. The summed E-state index contributed by atoms with van der Waals surface area (Å²) in [5.74, 6) is 1.42. The summed E-state index contributed by atoms with van der Waals surface area (Å²) in [5, 5.41) is 11.8. The fraction of sp³-hybridized carbons (Fsp3) is 0.400. The maximum absolute atomic E-state index is 11.8. The van der Waals surface area contributed by atoms with Crippen LogP contribution in [0.25, 0.3) is 0 Å². The highest BCUT2D eigenvalue weighted by molar-refractivity contribution is 5.85. The van der Waals surface area contributed by atoms with Crippen LogP contribution in [-0.4, -0.2) is 44.9 Å². The Balaban J connectivity index is 0.00000312. The molecule has 138 valence electrons. The number of hydrogen-bond donors (Lipinski definition) is 1. The average Bonchev–Trinajstić information content (AvgIpc) is 2.60. The summed E-state index contributed by atoms with van der Waals surface area (Å²) >= 11 is 0. The lowest BCUT2D eigenvalue weighted by atomic mass is 9.76. The fourth-order valence-electron chi connectivity index (χ4n) is 3.14. The molecule has 5 heteroatoms. The van der Waals surface area contributed by atoms with Crippen molar-refractivity contribution in [2.75, 3.05) is 34.9 Å². The number of aliphatic hydroxyl groups is 1. The summed E-state index contributed by atoms with van der Waals surface area (Å²) in [6.45, 7) is 2.80. The van der Waals surface area contributed by atoms with E-state index in [4.69, 9.17) is 9.47 Å². The van der Waals surface area contributed by atoms with Gasteiger partial charge < -0.3 is 19.5 Å². The second-order valence-electron chi connectivity index (χ2n) is 6.39. The minimum Gasteiger partial charge on any atom is -0.497 e. The third-order valence-electron chi connectivity index (χ3n) is 4.37. The van der Waals surface area contributed by atoms with E-state index in [1.54, 1.807) is 14.2 Å². The summed E-state index contributed by atoms with van der Waals surface area (Å²) in [6, 6.07) is 15.2. The predicted octanol–water partition coefficient (Wildman–Crippen LogP) is 3.56. The molecule has 2 aromatic carbocycles. The molecule has 0 unspecified atom stereocenters. The first-order valence-corrected chi connectivity index (χ1v) is 8.08. The highest BCUT2D eigenvalue weighted by atomic mass is 35.5. The lowest BCUT2D eigenvalue weighted by molar-refractivity contribution is 0.0131. The SMILES string of the molecule is COc1cccc(C(O)(c2cccc(OC)c2)[C@@H](C)CN(C)C)c1.Cl. The van der Waals surface area contributed by atoms with Crippen LogP contribution in [-0.2, 0) is 5.60 Å². The molecule has 0 saturated heterocycles. The summed E-state index contributed by atoms with van der Waals surface area (Å²) in [5.41, 5.74) is 0.474. The first-order valence-electron chi connectivity index (χ1n) is 8.08. The number of benzene rings is 2. The average molecular weight is 366 g/mol. The summed E-state index contributed by atoms with van der Waals surface area (Å²) in [7, 11) is 7.28. The number of rotatable bonds is 7. The van der Waals surface area contributed by atoms with Gasteiger partial charge in [0.2, 0.25) is 0 Å². The first kappa shape index (κ1) is 21.3. The van der Waals surface area contributed by atoms with Crippen LogP contribution < -0.4 is 9.47 Å². The van der Waals surface area contributed by atoms with E-state index < -0.39 is 5.60 Å². The maximum atomic E-state index is 11.8. The van der Waals surface area contributed by atoms with Gasteiger partial charge in [-0.05, 0) is 49.5 Å². The van der Waals surface area contributed by atoms with Gasteiger partial charge in [0.25, 0.3) is 0 Å². The van der Waals surface area contributed by atoms with Gasteiger partial charge in [-0.25, -0.2) is 0 Å². The van der Waals surface area contributed by atoms with Crippen LogP contribution in [0.4, 0.5) is 0 Å². The first-order chi connectivity index (χ1) is 11.4. The minimum atomic E-state index is -1.15. The van der Waals surface area contributed by atoms with Crippen molar-refractivity contribution in [1.29, 1.82) is 0 Å². The Bertz CT molecular complexity index is 628. The van der Waals surface area contributed by atoms with Gasteiger partial charge >= 0.3 is 0 Å². The predicted molar refractivity (Wildman–Crippen MR) is 104 cm³/mol. The smallest absolute Gasteiger partial charge is 0.119 e. The maximum Gasteiger partial charge on any atom is 0.119 e. The number of halogens is 1. The Hall–Kier alpha value is -1.75. The molecule has 0 spiro atoms. The van der Waals surface area contributed by atoms with Crippen molar-refractivity contribution in [2.45, 2.75) is 12.5 Å². The Labute approximate surface area is 156 Å².